The molecule has 0 atom stereocenters. The molecule has 0 fully saturated rings. The first-order valence-electron chi connectivity index (χ1n) is 9.93. The van der Waals surface area contributed by atoms with Crippen molar-refractivity contribution < 1.29 is 14.1 Å². The van der Waals surface area contributed by atoms with Crippen molar-refractivity contribution in [2.45, 2.75) is 45.4 Å². The van der Waals surface area contributed by atoms with E-state index in [1.54, 1.807) is 12.3 Å². The summed E-state index contributed by atoms with van der Waals surface area (Å²) < 4.78 is 5.27. The second-order valence-electron chi connectivity index (χ2n) is 8.53. The second kappa shape index (κ2) is 7.74. The van der Waals surface area contributed by atoms with Gasteiger partial charge in [0.2, 0.25) is 0 Å². The van der Waals surface area contributed by atoms with E-state index in [0.29, 0.717) is 30.1 Å². The van der Waals surface area contributed by atoms with Crippen LogP contribution in [0.1, 0.15) is 44.2 Å². The normalized spacial score (nSPS) is 13.6. The Hall–Kier alpha value is -3.48. The van der Waals surface area contributed by atoms with Crippen molar-refractivity contribution in [3.05, 3.63) is 59.6 Å². The van der Waals surface area contributed by atoms with Crippen molar-refractivity contribution in [1.82, 2.24) is 10.1 Å². The summed E-state index contributed by atoms with van der Waals surface area (Å²) in [5.74, 6) is 1.31. The lowest BCUT2D eigenvalue weighted by Gasteiger charge is -2.15. The third-order valence-corrected chi connectivity index (χ3v) is 5.06. The van der Waals surface area contributed by atoms with Crippen LogP contribution in [-0.2, 0) is 23.1 Å². The average Bonchev–Trinajstić information content (AvgIpc) is 3.17. The predicted octanol–water partition coefficient (Wildman–Crippen LogP) is 4.74. The molecule has 3 aromatic rings. The molecule has 2 N–H and O–H groups in total. The Balaban J connectivity index is 1.41. The number of aryl methyl sites for hydroxylation is 1. The molecule has 30 heavy (non-hydrogen) atoms. The lowest BCUT2D eigenvalue weighted by molar-refractivity contribution is -0.118. The number of hydrogen-bond acceptors (Lipinski definition) is 5. The number of carbonyl (C=O) groups is 2. The molecule has 7 heteroatoms. The van der Waals surface area contributed by atoms with E-state index in [2.05, 4.69) is 26.8 Å². The number of aromatic nitrogens is 2. The maximum Gasteiger partial charge on any atom is 0.324 e. The summed E-state index contributed by atoms with van der Waals surface area (Å²) in [7, 11) is 0. The van der Waals surface area contributed by atoms with Crippen molar-refractivity contribution in [1.29, 1.82) is 0 Å². The first-order valence-corrected chi connectivity index (χ1v) is 9.93. The van der Waals surface area contributed by atoms with Crippen LogP contribution in [0.15, 0.2) is 47.1 Å². The van der Waals surface area contributed by atoms with E-state index >= 15 is 0 Å². The molecule has 0 radical (unpaired) electrons. The van der Waals surface area contributed by atoms with E-state index in [-0.39, 0.29) is 11.2 Å². The molecule has 1 aliphatic rings. The highest BCUT2D eigenvalue weighted by atomic mass is 16.5. The molecule has 4 rings (SSSR count). The molecule has 0 saturated heterocycles. The van der Waals surface area contributed by atoms with Gasteiger partial charge in [-0.05, 0) is 35.7 Å². The second-order valence-corrected chi connectivity index (χ2v) is 8.53. The maximum atomic E-state index is 12.2. The van der Waals surface area contributed by atoms with Crippen molar-refractivity contribution in [3.8, 4) is 11.1 Å². The van der Waals surface area contributed by atoms with Crippen LogP contribution >= 0.6 is 0 Å². The summed E-state index contributed by atoms with van der Waals surface area (Å²) >= 11 is 0. The lowest BCUT2D eigenvalue weighted by atomic mass is 9.93. The van der Waals surface area contributed by atoms with E-state index < -0.39 is 6.03 Å². The minimum Gasteiger partial charge on any atom is -0.359 e. The quantitative estimate of drug-likeness (QED) is 0.657. The monoisotopic (exact) mass is 404 g/mol. The lowest BCUT2D eigenvalue weighted by Crippen LogP contribution is -2.19. The Morgan fingerprint density at radius 3 is 2.50 bits per heavy atom. The molecule has 1 aliphatic carbocycles. The zero-order chi connectivity index (χ0) is 21.3. The maximum absolute atomic E-state index is 12.2. The van der Waals surface area contributed by atoms with Gasteiger partial charge in [0.25, 0.3) is 0 Å². The van der Waals surface area contributed by atoms with Gasteiger partial charge < -0.3 is 9.84 Å². The zero-order valence-electron chi connectivity index (χ0n) is 17.3. The minimum absolute atomic E-state index is 0.180. The molecule has 0 unspecified atom stereocenters. The first kappa shape index (κ1) is 19.8. The van der Waals surface area contributed by atoms with Gasteiger partial charge >= 0.3 is 6.03 Å². The number of fused-ring (bicyclic) bond motifs is 1. The van der Waals surface area contributed by atoms with Gasteiger partial charge in [0.15, 0.2) is 5.82 Å². The molecule has 0 aliphatic heterocycles. The van der Waals surface area contributed by atoms with Crippen LogP contribution in [0.5, 0.6) is 0 Å². The number of pyridine rings is 1. The average molecular weight is 404 g/mol. The number of nitrogens with zero attached hydrogens (tertiary/aromatic N) is 2. The molecule has 0 spiro atoms. The molecule has 0 saturated carbocycles. The molecule has 1 aromatic carbocycles. The highest BCUT2D eigenvalue weighted by Crippen LogP contribution is 2.26. The molecule has 154 valence electrons. The number of carbonyl (C=O) groups excluding carboxylic acids is 2. The summed E-state index contributed by atoms with van der Waals surface area (Å²) in [6.07, 6.45) is 3.55. The summed E-state index contributed by atoms with van der Waals surface area (Å²) in [4.78, 5) is 28.3. The topological polar surface area (TPSA) is 97.1 Å². The van der Waals surface area contributed by atoms with Crippen LogP contribution in [0.25, 0.3) is 11.1 Å². The van der Waals surface area contributed by atoms with Crippen LogP contribution < -0.4 is 10.6 Å². The largest absolute Gasteiger partial charge is 0.359 e. The SMILES string of the molecule is CC(C)(C)c1cc(NC(=O)Nc2ccc(-c3cnc4c(c3)CCC(=O)C4)cc2)no1. The first-order chi connectivity index (χ1) is 14.3. The van der Waals surface area contributed by atoms with Gasteiger partial charge in [-0.2, -0.15) is 0 Å². The van der Waals surface area contributed by atoms with Crippen LogP contribution in [0.3, 0.4) is 0 Å². The van der Waals surface area contributed by atoms with Gasteiger partial charge in [0, 0.05) is 41.8 Å². The Morgan fingerprint density at radius 1 is 1.03 bits per heavy atom. The summed E-state index contributed by atoms with van der Waals surface area (Å²) in [5, 5.41) is 9.34. The van der Waals surface area contributed by atoms with Crippen LogP contribution in [0, 0.1) is 0 Å². The Bertz CT molecular complexity index is 1090. The summed E-state index contributed by atoms with van der Waals surface area (Å²) in [6, 6.07) is 11.0. The number of rotatable bonds is 3. The van der Waals surface area contributed by atoms with Crippen molar-refractivity contribution in [3.63, 3.8) is 0 Å². The van der Waals surface area contributed by atoms with Gasteiger partial charge in [-0.1, -0.05) is 38.1 Å². The highest BCUT2D eigenvalue weighted by molar-refractivity contribution is 5.99. The minimum atomic E-state index is -0.392. The summed E-state index contributed by atoms with van der Waals surface area (Å²) in [5.41, 5.74) is 4.49. The predicted molar refractivity (Wildman–Crippen MR) is 115 cm³/mol. The number of amides is 2. The summed E-state index contributed by atoms with van der Waals surface area (Å²) in [6.45, 7) is 6.03. The number of nitrogens with one attached hydrogen (secondary N) is 2. The molecular formula is C23H24N4O3. The number of ketones is 1. The standard InChI is InChI=1S/C23H24N4O3/c1-23(2,3)20-12-21(27-30-20)26-22(29)25-17-7-4-14(5-8-17)16-10-15-6-9-18(28)11-19(15)24-13-16/h4-5,7-8,10,12-13H,6,9,11H2,1-3H3,(H2,25,26,27,29). The molecule has 0 bridgehead atoms. The Morgan fingerprint density at radius 2 is 1.80 bits per heavy atom. The Kier molecular flexibility index (Phi) is 5.11. The molecule has 2 heterocycles. The molecule has 2 amide bonds. The van der Waals surface area contributed by atoms with Crippen LogP contribution in [0.4, 0.5) is 16.3 Å². The number of benzene rings is 1. The van der Waals surface area contributed by atoms with Gasteiger partial charge in [0.05, 0.1) is 5.69 Å². The van der Waals surface area contributed by atoms with Gasteiger partial charge in [0.1, 0.15) is 11.5 Å². The smallest absolute Gasteiger partial charge is 0.324 e. The van der Waals surface area contributed by atoms with E-state index in [0.717, 1.165) is 28.8 Å². The van der Waals surface area contributed by atoms with Crippen molar-refractivity contribution in [2.75, 3.05) is 10.6 Å². The van der Waals surface area contributed by atoms with Gasteiger partial charge in [-0.3, -0.25) is 15.1 Å². The van der Waals surface area contributed by atoms with Crippen LogP contribution in [0.2, 0.25) is 0 Å². The fraction of sp³-hybridized carbons (Fsp3) is 0.304. The van der Waals surface area contributed by atoms with E-state index in [1.807, 2.05) is 45.0 Å². The van der Waals surface area contributed by atoms with Crippen molar-refractivity contribution in [2.24, 2.45) is 0 Å². The number of urea groups is 1. The molecule has 2 aromatic heterocycles. The Labute approximate surface area is 174 Å². The fourth-order valence-electron chi connectivity index (χ4n) is 3.33. The van der Waals surface area contributed by atoms with Gasteiger partial charge in [-0.15, -0.1) is 0 Å². The number of anilines is 2. The molecule has 7 nitrogen and oxygen atoms in total. The van der Waals surface area contributed by atoms with Gasteiger partial charge in [-0.25, -0.2) is 4.79 Å². The highest BCUT2D eigenvalue weighted by Gasteiger charge is 2.20. The third-order valence-electron chi connectivity index (χ3n) is 5.06. The molecular weight excluding hydrogens is 380 g/mol. The zero-order valence-corrected chi connectivity index (χ0v) is 17.3. The van der Waals surface area contributed by atoms with Crippen LogP contribution in [-0.4, -0.2) is 22.0 Å². The van der Waals surface area contributed by atoms with E-state index in [4.69, 9.17) is 4.52 Å². The van der Waals surface area contributed by atoms with E-state index in [9.17, 15) is 9.59 Å². The van der Waals surface area contributed by atoms with E-state index in [1.165, 1.54) is 0 Å². The number of Topliss-reactive ketones (excluding diaryl/α,β-unsaturated/α-hetero) is 1. The van der Waals surface area contributed by atoms with Crippen molar-refractivity contribution >= 4 is 23.3 Å². The third kappa shape index (κ3) is 4.40. The number of hydrogen-bond donors (Lipinski definition) is 2. The fourth-order valence-corrected chi connectivity index (χ4v) is 3.33.